The van der Waals surface area contributed by atoms with Crippen LogP contribution < -0.4 is 4.90 Å². The lowest BCUT2D eigenvalue weighted by Crippen LogP contribution is -2.35. The number of rotatable bonds is 2. The van der Waals surface area contributed by atoms with Crippen LogP contribution >= 0.6 is 15.9 Å². The number of aromatic nitrogens is 2. The Kier molecular flexibility index (Phi) is 3.73. The third-order valence-corrected chi connectivity index (χ3v) is 4.90. The van der Waals surface area contributed by atoms with Crippen molar-refractivity contribution in [1.29, 1.82) is 0 Å². The molecule has 0 spiro atoms. The lowest BCUT2D eigenvalue weighted by molar-refractivity contribution is 0.0976. The molecule has 4 nitrogen and oxygen atoms in total. The van der Waals surface area contributed by atoms with Crippen molar-refractivity contribution in [3.8, 4) is 11.3 Å². The number of fused-ring (bicyclic) bond motifs is 1. The Morgan fingerprint density at radius 3 is 2.75 bits per heavy atom. The molecule has 24 heavy (non-hydrogen) atoms. The van der Waals surface area contributed by atoms with E-state index in [0.29, 0.717) is 5.69 Å². The SMILES string of the molecule is CC1Cc2ccccc2N1C(=O)c1cc(-c2ccc(Br)cc2)n[nH]1. The molecule has 0 saturated heterocycles. The summed E-state index contributed by atoms with van der Waals surface area (Å²) >= 11 is 3.42. The van der Waals surface area contributed by atoms with Crippen LogP contribution in [0.3, 0.4) is 0 Å². The molecular formula is C19H16BrN3O. The maximum atomic E-state index is 13.0. The Bertz CT molecular complexity index is 901. The van der Waals surface area contributed by atoms with Gasteiger partial charge in [-0.05, 0) is 43.2 Å². The van der Waals surface area contributed by atoms with Crippen molar-refractivity contribution >= 4 is 27.5 Å². The number of amides is 1. The number of hydrogen-bond acceptors (Lipinski definition) is 2. The maximum absolute atomic E-state index is 13.0. The lowest BCUT2D eigenvalue weighted by Gasteiger charge is -2.21. The highest BCUT2D eigenvalue weighted by atomic mass is 79.9. The van der Waals surface area contributed by atoms with E-state index in [-0.39, 0.29) is 11.9 Å². The molecule has 120 valence electrons. The number of anilines is 1. The average Bonchev–Trinajstić information content (AvgIpc) is 3.19. The van der Waals surface area contributed by atoms with Gasteiger partial charge in [0.2, 0.25) is 0 Å². The molecule has 1 aliphatic rings. The minimum Gasteiger partial charge on any atom is -0.304 e. The number of carbonyl (C=O) groups is 1. The number of aromatic amines is 1. The quantitative estimate of drug-likeness (QED) is 0.713. The zero-order valence-electron chi connectivity index (χ0n) is 13.2. The van der Waals surface area contributed by atoms with Crippen LogP contribution in [0.4, 0.5) is 5.69 Å². The molecule has 4 rings (SSSR count). The maximum Gasteiger partial charge on any atom is 0.276 e. The fraction of sp³-hybridized carbons (Fsp3) is 0.158. The highest BCUT2D eigenvalue weighted by molar-refractivity contribution is 9.10. The second kappa shape index (κ2) is 5.91. The Labute approximate surface area is 148 Å². The van der Waals surface area contributed by atoms with E-state index in [1.165, 1.54) is 5.56 Å². The van der Waals surface area contributed by atoms with Gasteiger partial charge in [-0.1, -0.05) is 46.3 Å². The number of halogens is 1. The first kappa shape index (κ1) is 15.1. The summed E-state index contributed by atoms with van der Waals surface area (Å²) in [5, 5.41) is 7.20. The number of hydrogen-bond donors (Lipinski definition) is 1. The first-order valence-corrected chi connectivity index (χ1v) is 8.65. The molecule has 1 unspecified atom stereocenters. The monoisotopic (exact) mass is 381 g/mol. The van der Waals surface area contributed by atoms with Gasteiger partial charge in [0.25, 0.3) is 5.91 Å². The van der Waals surface area contributed by atoms with Gasteiger partial charge in [0.1, 0.15) is 5.69 Å². The highest BCUT2D eigenvalue weighted by Crippen LogP contribution is 2.33. The Balaban J connectivity index is 1.65. The second-order valence-corrected chi connectivity index (χ2v) is 6.95. The normalized spacial score (nSPS) is 16.2. The number of nitrogens with one attached hydrogen (secondary N) is 1. The summed E-state index contributed by atoms with van der Waals surface area (Å²) in [6.07, 6.45) is 0.885. The van der Waals surface area contributed by atoms with Gasteiger partial charge >= 0.3 is 0 Å². The van der Waals surface area contributed by atoms with E-state index in [0.717, 1.165) is 27.8 Å². The molecule has 0 saturated carbocycles. The van der Waals surface area contributed by atoms with Gasteiger partial charge in [-0.15, -0.1) is 0 Å². The molecule has 1 N–H and O–H groups in total. The Morgan fingerprint density at radius 1 is 1.21 bits per heavy atom. The van der Waals surface area contributed by atoms with Crippen LogP contribution in [-0.2, 0) is 6.42 Å². The van der Waals surface area contributed by atoms with Gasteiger partial charge in [0.15, 0.2) is 0 Å². The van der Waals surface area contributed by atoms with Crippen LogP contribution in [0.25, 0.3) is 11.3 Å². The summed E-state index contributed by atoms with van der Waals surface area (Å²) in [4.78, 5) is 14.8. The van der Waals surface area contributed by atoms with Crippen molar-refractivity contribution in [3.05, 3.63) is 70.3 Å². The van der Waals surface area contributed by atoms with Crippen molar-refractivity contribution in [2.24, 2.45) is 0 Å². The fourth-order valence-electron chi connectivity index (χ4n) is 3.20. The lowest BCUT2D eigenvalue weighted by atomic mass is 10.1. The average molecular weight is 382 g/mol. The molecule has 0 bridgehead atoms. The Morgan fingerprint density at radius 2 is 1.96 bits per heavy atom. The fourth-order valence-corrected chi connectivity index (χ4v) is 3.47. The molecule has 2 heterocycles. The van der Waals surface area contributed by atoms with Crippen molar-refractivity contribution in [2.75, 3.05) is 4.90 Å². The van der Waals surface area contributed by atoms with Crippen LogP contribution in [0.2, 0.25) is 0 Å². The first-order chi connectivity index (χ1) is 11.6. The molecule has 1 atom stereocenters. The summed E-state index contributed by atoms with van der Waals surface area (Å²) in [5.74, 6) is -0.0386. The molecule has 3 aromatic rings. The predicted molar refractivity (Wildman–Crippen MR) is 98.1 cm³/mol. The smallest absolute Gasteiger partial charge is 0.276 e. The first-order valence-electron chi connectivity index (χ1n) is 7.86. The van der Waals surface area contributed by atoms with E-state index in [9.17, 15) is 4.79 Å². The topological polar surface area (TPSA) is 49.0 Å². The Hall–Kier alpha value is -2.40. The van der Waals surface area contributed by atoms with Crippen LogP contribution in [0.5, 0.6) is 0 Å². The molecular weight excluding hydrogens is 366 g/mol. The minimum absolute atomic E-state index is 0.0386. The number of H-pyrrole nitrogens is 1. The van der Waals surface area contributed by atoms with Gasteiger partial charge in [0.05, 0.1) is 5.69 Å². The molecule has 1 amide bonds. The number of carbonyl (C=O) groups excluding carboxylic acids is 1. The molecule has 0 aliphatic carbocycles. The number of para-hydroxylation sites is 1. The van der Waals surface area contributed by atoms with E-state index in [2.05, 4.69) is 39.1 Å². The molecule has 1 aromatic heterocycles. The standard InChI is InChI=1S/C19H16BrN3O/c1-12-10-14-4-2-3-5-18(14)23(12)19(24)17-11-16(21-22-17)13-6-8-15(20)9-7-13/h2-9,11-12H,10H2,1H3,(H,21,22). The van der Waals surface area contributed by atoms with Gasteiger partial charge in [-0.3, -0.25) is 9.89 Å². The number of nitrogens with zero attached hydrogens (tertiary/aromatic N) is 2. The summed E-state index contributed by atoms with van der Waals surface area (Å²) < 4.78 is 1.01. The zero-order valence-corrected chi connectivity index (χ0v) is 14.7. The third-order valence-electron chi connectivity index (χ3n) is 4.37. The highest BCUT2D eigenvalue weighted by Gasteiger charge is 2.32. The minimum atomic E-state index is -0.0386. The largest absolute Gasteiger partial charge is 0.304 e. The van der Waals surface area contributed by atoms with E-state index < -0.39 is 0 Å². The van der Waals surface area contributed by atoms with Crippen molar-refractivity contribution in [1.82, 2.24) is 10.2 Å². The van der Waals surface area contributed by atoms with Gasteiger partial charge in [-0.25, -0.2) is 0 Å². The summed E-state index contributed by atoms with van der Waals surface area (Å²) in [7, 11) is 0. The van der Waals surface area contributed by atoms with Crippen LogP contribution in [-0.4, -0.2) is 22.1 Å². The van der Waals surface area contributed by atoms with Gasteiger partial charge in [0, 0.05) is 21.8 Å². The van der Waals surface area contributed by atoms with Crippen LogP contribution in [0, 0.1) is 0 Å². The summed E-state index contributed by atoms with van der Waals surface area (Å²) in [5.41, 5.74) is 4.46. The van der Waals surface area contributed by atoms with E-state index in [4.69, 9.17) is 0 Å². The molecule has 0 fully saturated rings. The molecule has 0 radical (unpaired) electrons. The van der Waals surface area contributed by atoms with Crippen molar-refractivity contribution in [2.45, 2.75) is 19.4 Å². The van der Waals surface area contributed by atoms with Crippen molar-refractivity contribution in [3.63, 3.8) is 0 Å². The second-order valence-electron chi connectivity index (χ2n) is 6.03. The van der Waals surface area contributed by atoms with Crippen LogP contribution in [0.1, 0.15) is 23.0 Å². The predicted octanol–water partition coefficient (Wildman–Crippen LogP) is 4.43. The van der Waals surface area contributed by atoms with Crippen LogP contribution in [0.15, 0.2) is 59.1 Å². The van der Waals surface area contributed by atoms with E-state index >= 15 is 0 Å². The molecule has 1 aliphatic heterocycles. The van der Waals surface area contributed by atoms with Crippen molar-refractivity contribution < 1.29 is 4.79 Å². The van der Waals surface area contributed by atoms with Gasteiger partial charge < -0.3 is 4.90 Å². The summed E-state index contributed by atoms with van der Waals surface area (Å²) in [6, 6.07) is 17.9. The van der Waals surface area contributed by atoms with E-state index in [1.807, 2.05) is 53.4 Å². The summed E-state index contributed by atoms with van der Waals surface area (Å²) in [6.45, 7) is 2.07. The molecule has 5 heteroatoms. The zero-order chi connectivity index (χ0) is 16.7. The third kappa shape index (κ3) is 2.55. The van der Waals surface area contributed by atoms with E-state index in [1.54, 1.807) is 0 Å². The molecule has 2 aromatic carbocycles. The van der Waals surface area contributed by atoms with Gasteiger partial charge in [-0.2, -0.15) is 5.10 Å². The number of benzene rings is 2.